The number of fused-ring (bicyclic) bond motifs is 8. The molecule has 39 heavy (non-hydrogen) atoms. The molecule has 8 aromatic rings. The minimum absolute atomic E-state index is 1.18. The molecule has 0 bridgehead atoms. The van der Waals surface area contributed by atoms with Crippen molar-refractivity contribution in [2.75, 3.05) is 0 Å². The lowest BCUT2D eigenvalue weighted by atomic mass is 10.0. The summed E-state index contributed by atoms with van der Waals surface area (Å²) < 4.78 is 4.83. The van der Waals surface area contributed by atoms with Gasteiger partial charge in [0.15, 0.2) is 0 Å². The summed E-state index contributed by atoms with van der Waals surface area (Å²) >= 11 is 1.87. The first-order valence-corrected chi connectivity index (χ1v) is 14.1. The Morgan fingerprint density at radius 1 is 0.410 bits per heavy atom. The quantitative estimate of drug-likeness (QED) is 0.223. The Bertz CT molecular complexity index is 2200. The van der Waals surface area contributed by atoms with Crippen LogP contribution in [0.15, 0.2) is 143 Å². The van der Waals surface area contributed by atoms with Crippen LogP contribution in [0.2, 0.25) is 0 Å². The van der Waals surface area contributed by atoms with Gasteiger partial charge in [0, 0.05) is 37.0 Å². The molecule has 1 aliphatic heterocycles. The molecule has 0 amide bonds. The lowest BCUT2D eigenvalue weighted by Gasteiger charge is -2.19. The van der Waals surface area contributed by atoms with E-state index in [9.17, 15) is 0 Å². The minimum atomic E-state index is 1.18. The summed E-state index contributed by atoms with van der Waals surface area (Å²) in [5.74, 6) is 0. The number of benzene rings is 6. The van der Waals surface area contributed by atoms with Crippen LogP contribution >= 0.6 is 11.8 Å². The third-order valence-electron chi connectivity index (χ3n) is 8.12. The second-order valence-corrected chi connectivity index (χ2v) is 11.3. The van der Waals surface area contributed by atoms with Gasteiger partial charge in [-0.25, -0.2) is 0 Å². The van der Waals surface area contributed by atoms with Gasteiger partial charge in [0.05, 0.1) is 27.8 Å². The summed E-state index contributed by atoms with van der Waals surface area (Å²) in [6, 6.07) is 48.7. The molecule has 0 saturated carbocycles. The summed E-state index contributed by atoms with van der Waals surface area (Å²) in [6.45, 7) is 0. The normalized spacial score (nSPS) is 12.5. The lowest BCUT2D eigenvalue weighted by molar-refractivity contribution is 1.09. The van der Waals surface area contributed by atoms with Gasteiger partial charge in [-0.1, -0.05) is 96.7 Å². The molecule has 2 nitrogen and oxygen atoms in total. The number of hydrogen-bond acceptors (Lipinski definition) is 1. The predicted molar refractivity (Wildman–Crippen MR) is 165 cm³/mol. The molecule has 182 valence electrons. The molecule has 3 heterocycles. The van der Waals surface area contributed by atoms with E-state index in [1.165, 1.54) is 75.9 Å². The summed E-state index contributed by atoms with van der Waals surface area (Å²) in [6.07, 6.45) is 0. The van der Waals surface area contributed by atoms with Crippen LogP contribution in [0.1, 0.15) is 0 Å². The van der Waals surface area contributed by atoms with Crippen molar-refractivity contribution in [1.82, 2.24) is 9.13 Å². The molecule has 0 radical (unpaired) electrons. The van der Waals surface area contributed by atoms with Gasteiger partial charge in [0.25, 0.3) is 0 Å². The highest BCUT2D eigenvalue weighted by Gasteiger charge is 2.22. The van der Waals surface area contributed by atoms with Gasteiger partial charge < -0.3 is 9.13 Å². The first kappa shape index (κ1) is 21.2. The molecule has 0 atom stereocenters. The second-order valence-electron chi connectivity index (χ2n) is 10.2. The maximum atomic E-state index is 2.46. The molecule has 2 aromatic heterocycles. The maximum absolute atomic E-state index is 2.46. The van der Waals surface area contributed by atoms with Crippen LogP contribution in [-0.2, 0) is 0 Å². The van der Waals surface area contributed by atoms with Gasteiger partial charge in [0.2, 0.25) is 0 Å². The van der Waals surface area contributed by atoms with Crippen molar-refractivity contribution in [2.24, 2.45) is 0 Å². The van der Waals surface area contributed by atoms with Gasteiger partial charge in [-0.15, -0.1) is 0 Å². The molecule has 0 aliphatic carbocycles. The summed E-state index contributed by atoms with van der Waals surface area (Å²) in [4.78, 5) is 2.62. The fourth-order valence-corrected chi connectivity index (χ4v) is 7.49. The van der Waals surface area contributed by atoms with Crippen LogP contribution < -0.4 is 0 Å². The summed E-state index contributed by atoms with van der Waals surface area (Å²) in [5.41, 5.74) is 9.93. The topological polar surface area (TPSA) is 9.86 Å². The third-order valence-corrected chi connectivity index (χ3v) is 9.23. The Morgan fingerprint density at radius 3 is 1.82 bits per heavy atom. The Kier molecular flexibility index (Phi) is 4.29. The first-order chi connectivity index (χ1) is 19.3. The molecular formula is C36H22N2S. The average Bonchev–Trinajstić information content (AvgIpc) is 3.52. The smallest absolute Gasteiger partial charge is 0.0681 e. The molecule has 6 aromatic carbocycles. The van der Waals surface area contributed by atoms with Crippen LogP contribution in [-0.4, -0.2) is 9.13 Å². The van der Waals surface area contributed by atoms with E-state index in [0.29, 0.717) is 0 Å². The van der Waals surface area contributed by atoms with Crippen LogP contribution in [0, 0.1) is 0 Å². The highest BCUT2D eigenvalue weighted by atomic mass is 32.2. The van der Waals surface area contributed by atoms with E-state index in [1.54, 1.807) is 0 Å². The van der Waals surface area contributed by atoms with Crippen molar-refractivity contribution in [3.05, 3.63) is 133 Å². The zero-order valence-electron chi connectivity index (χ0n) is 21.0. The molecule has 0 spiro atoms. The third kappa shape index (κ3) is 2.94. The van der Waals surface area contributed by atoms with Gasteiger partial charge >= 0.3 is 0 Å². The molecule has 0 unspecified atom stereocenters. The molecule has 3 heteroatoms. The monoisotopic (exact) mass is 514 g/mol. The van der Waals surface area contributed by atoms with Crippen molar-refractivity contribution in [3.63, 3.8) is 0 Å². The van der Waals surface area contributed by atoms with Gasteiger partial charge in [-0.05, 0) is 59.7 Å². The molecule has 0 saturated heterocycles. The van der Waals surface area contributed by atoms with E-state index in [-0.39, 0.29) is 0 Å². The Hall–Kier alpha value is -4.73. The van der Waals surface area contributed by atoms with E-state index in [1.807, 2.05) is 11.8 Å². The average molecular weight is 515 g/mol. The molecule has 9 rings (SSSR count). The van der Waals surface area contributed by atoms with E-state index >= 15 is 0 Å². The van der Waals surface area contributed by atoms with Crippen molar-refractivity contribution in [2.45, 2.75) is 9.79 Å². The number of aromatic nitrogens is 2. The number of para-hydroxylation sites is 4. The van der Waals surface area contributed by atoms with Crippen molar-refractivity contribution in [1.29, 1.82) is 0 Å². The van der Waals surface area contributed by atoms with Crippen LogP contribution in [0.5, 0.6) is 0 Å². The summed E-state index contributed by atoms with van der Waals surface area (Å²) in [7, 11) is 0. The molecule has 0 fully saturated rings. The van der Waals surface area contributed by atoms with E-state index in [0.717, 1.165) is 0 Å². The van der Waals surface area contributed by atoms with Gasteiger partial charge in [-0.3, -0.25) is 0 Å². The fourth-order valence-electron chi connectivity index (χ4n) is 6.40. The van der Waals surface area contributed by atoms with Gasteiger partial charge in [-0.2, -0.15) is 0 Å². The lowest BCUT2D eigenvalue weighted by Crippen LogP contribution is -2.01. The van der Waals surface area contributed by atoms with Crippen LogP contribution in [0.3, 0.4) is 0 Å². The predicted octanol–water partition coefficient (Wildman–Crippen LogP) is 10.0. The van der Waals surface area contributed by atoms with Gasteiger partial charge in [0.1, 0.15) is 0 Å². The fraction of sp³-hybridized carbons (Fsp3) is 0. The van der Waals surface area contributed by atoms with E-state index in [4.69, 9.17) is 0 Å². The number of rotatable bonds is 2. The highest BCUT2D eigenvalue weighted by molar-refractivity contribution is 7.99. The van der Waals surface area contributed by atoms with Crippen LogP contribution in [0.4, 0.5) is 0 Å². The summed E-state index contributed by atoms with van der Waals surface area (Å²) in [5, 5.41) is 5.19. The number of nitrogens with zero attached hydrogens (tertiary/aromatic N) is 2. The molecule has 1 aliphatic rings. The maximum Gasteiger partial charge on any atom is 0.0681 e. The van der Waals surface area contributed by atoms with E-state index in [2.05, 4.69) is 143 Å². The van der Waals surface area contributed by atoms with Crippen molar-refractivity contribution < 1.29 is 0 Å². The van der Waals surface area contributed by atoms with Crippen molar-refractivity contribution in [3.8, 4) is 22.5 Å². The Morgan fingerprint density at radius 2 is 1.03 bits per heavy atom. The molecular weight excluding hydrogens is 492 g/mol. The Balaban J connectivity index is 1.22. The van der Waals surface area contributed by atoms with Crippen molar-refractivity contribution >= 4 is 55.4 Å². The second kappa shape index (κ2) is 7.89. The largest absolute Gasteiger partial charge is 0.309 e. The zero-order valence-corrected chi connectivity index (χ0v) is 21.8. The number of hydrogen-bond donors (Lipinski definition) is 0. The SMILES string of the molecule is c1ccc2c(c1)Sc1cccc3c4ccc(-c5ccc(-n6c7ccccc7c7ccccc76)cc5)cc4n-2c13. The first-order valence-electron chi connectivity index (χ1n) is 13.3. The Labute approximate surface area is 229 Å². The highest BCUT2D eigenvalue weighted by Crippen LogP contribution is 2.47. The van der Waals surface area contributed by atoms with E-state index < -0.39 is 0 Å². The standard InChI is InChI=1S/C36H22N2S/c1-3-11-30-26(8-1)27-9-2-4-12-31(27)37(30)25-19-16-23(17-20-25)24-18-21-28-29-10-7-15-35-36(29)38(33(28)22-24)32-13-5-6-14-34(32)39-35/h1-22H. The zero-order chi connectivity index (χ0) is 25.5. The minimum Gasteiger partial charge on any atom is -0.309 e. The van der Waals surface area contributed by atoms with Crippen LogP contribution in [0.25, 0.3) is 66.1 Å². The molecule has 0 N–H and O–H groups in total.